The van der Waals surface area contributed by atoms with Crippen LogP contribution in [0.25, 0.3) is 11.2 Å². The maximum atomic E-state index is 13.8. The molecule has 45 heavy (non-hydrogen) atoms. The number of hydrogen-bond donors (Lipinski definition) is 4. The second kappa shape index (κ2) is 13.5. The smallest absolute Gasteiger partial charge is 0.416 e. The van der Waals surface area contributed by atoms with Gasteiger partial charge < -0.3 is 25.5 Å². The number of nitrogens with one attached hydrogen (secondary N) is 3. The van der Waals surface area contributed by atoms with Crippen LogP contribution in [0.5, 0.6) is 5.88 Å². The van der Waals surface area contributed by atoms with Crippen molar-refractivity contribution in [3.05, 3.63) is 52.3 Å². The molecule has 3 aromatic rings. The Kier molecular flexibility index (Phi) is 10.2. The molecule has 4 rings (SSSR count). The number of aliphatic hydroxyl groups excluding tert-OH is 1. The van der Waals surface area contributed by atoms with Crippen molar-refractivity contribution in [2.75, 3.05) is 6.61 Å². The third-order valence-corrected chi connectivity index (χ3v) is 7.28. The van der Waals surface area contributed by atoms with Crippen LogP contribution in [0.4, 0.5) is 35.1 Å². The molecule has 2 aromatic heterocycles. The summed E-state index contributed by atoms with van der Waals surface area (Å²) in [5.41, 5.74) is -1.32. The van der Waals surface area contributed by atoms with E-state index in [1.807, 2.05) is 0 Å². The SMILES string of the molecule is C[C@H](O)C(=O)NCc1ccc(C(F)(F)F)c(Cc2nc3nc(OCC(F)F)c(C(=O)NC4CCC(C(F)(F)F)CC4)cc3[nH]2)c1. The molecular weight excluding hydrogens is 622 g/mol. The zero-order chi connectivity index (χ0) is 33.1. The fourth-order valence-electron chi connectivity index (χ4n) is 5.00. The van der Waals surface area contributed by atoms with Crippen LogP contribution in [-0.4, -0.2) is 63.2 Å². The number of fused-ring (bicyclic) bond motifs is 1. The maximum Gasteiger partial charge on any atom is 0.416 e. The summed E-state index contributed by atoms with van der Waals surface area (Å²) in [6.07, 6.45) is -14.1. The number of aliphatic hydroxyl groups is 1. The standard InChI is InChI=1S/C28H29F8N5O4/c1-13(42)24(43)37-11-14-2-7-19(28(34,35)36)15(8-14)9-22-39-20-10-18(26(41-23(20)40-22)45-12-21(29)30)25(44)38-17-5-3-16(4-6-17)27(31,32)33/h2,7-8,10,13,16-17,21,42H,3-6,9,11-12H2,1H3,(H,37,43)(H,38,44)(H,39,40,41)/t13-,16?,17?/m0/s1. The molecular formula is C28H29F8N5O4. The number of benzene rings is 1. The van der Waals surface area contributed by atoms with Gasteiger partial charge in [-0.05, 0) is 55.9 Å². The van der Waals surface area contributed by atoms with E-state index in [0.29, 0.717) is 5.56 Å². The Balaban J connectivity index is 1.60. The Morgan fingerprint density at radius 3 is 2.36 bits per heavy atom. The number of H-pyrrole nitrogens is 1. The normalized spacial score (nSPS) is 18.2. The van der Waals surface area contributed by atoms with E-state index in [0.717, 1.165) is 6.07 Å². The lowest BCUT2D eigenvalue weighted by atomic mass is 9.85. The van der Waals surface area contributed by atoms with Crippen molar-refractivity contribution >= 4 is 23.0 Å². The highest BCUT2D eigenvalue weighted by Crippen LogP contribution is 2.38. The number of imidazole rings is 1. The number of alkyl halides is 8. The molecule has 0 aliphatic heterocycles. The Labute approximate surface area is 250 Å². The van der Waals surface area contributed by atoms with Crippen molar-refractivity contribution in [2.45, 2.75) is 76.5 Å². The second-order valence-electron chi connectivity index (χ2n) is 10.7. The highest BCUT2D eigenvalue weighted by Gasteiger charge is 2.41. The van der Waals surface area contributed by atoms with E-state index in [4.69, 9.17) is 4.74 Å². The van der Waals surface area contributed by atoms with Crippen molar-refractivity contribution in [3.8, 4) is 5.88 Å². The van der Waals surface area contributed by atoms with Gasteiger partial charge in [-0.25, -0.2) is 13.8 Å². The minimum Gasteiger partial charge on any atom is -0.471 e. The van der Waals surface area contributed by atoms with Gasteiger partial charge in [0.2, 0.25) is 11.8 Å². The number of aromatic amines is 1. The van der Waals surface area contributed by atoms with Crippen LogP contribution in [0.3, 0.4) is 0 Å². The minimum absolute atomic E-state index is 0.0315. The minimum atomic E-state index is -4.75. The summed E-state index contributed by atoms with van der Waals surface area (Å²) in [5.74, 6) is -3.62. The second-order valence-corrected chi connectivity index (χ2v) is 10.7. The summed E-state index contributed by atoms with van der Waals surface area (Å²) in [4.78, 5) is 35.7. The Bertz CT molecular complexity index is 1520. The third-order valence-electron chi connectivity index (χ3n) is 7.28. The molecule has 4 N–H and O–H groups in total. The third kappa shape index (κ3) is 8.79. The summed E-state index contributed by atoms with van der Waals surface area (Å²) in [6.45, 7) is -0.0808. The van der Waals surface area contributed by atoms with E-state index in [1.165, 1.54) is 25.1 Å². The first-order chi connectivity index (χ1) is 21.0. The average molecular weight is 652 g/mol. The first-order valence-corrected chi connectivity index (χ1v) is 13.8. The van der Waals surface area contributed by atoms with Crippen LogP contribution >= 0.6 is 0 Å². The van der Waals surface area contributed by atoms with Crippen LogP contribution in [0.15, 0.2) is 24.3 Å². The number of nitrogens with zero attached hydrogens (tertiary/aromatic N) is 2. The van der Waals surface area contributed by atoms with Crippen LogP contribution in [-0.2, 0) is 23.9 Å². The number of rotatable bonds is 10. The van der Waals surface area contributed by atoms with Crippen molar-refractivity contribution in [1.82, 2.24) is 25.6 Å². The quantitative estimate of drug-likeness (QED) is 0.227. The molecule has 0 bridgehead atoms. The predicted octanol–water partition coefficient (Wildman–Crippen LogP) is 5.06. The molecule has 1 saturated carbocycles. The van der Waals surface area contributed by atoms with E-state index >= 15 is 0 Å². The van der Waals surface area contributed by atoms with Crippen molar-refractivity contribution < 1.29 is 54.6 Å². The number of halogens is 8. The zero-order valence-electron chi connectivity index (χ0n) is 23.7. The Hall–Kier alpha value is -4.02. The lowest BCUT2D eigenvalue weighted by Gasteiger charge is -2.30. The fraction of sp³-hybridized carbons (Fsp3) is 0.500. The summed E-state index contributed by atoms with van der Waals surface area (Å²) in [6, 6.07) is 3.76. The average Bonchev–Trinajstić information content (AvgIpc) is 3.34. The molecule has 246 valence electrons. The summed E-state index contributed by atoms with van der Waals surface area (Å²) in [5, 5.41) is 14.3. The summed E-state index contributed by atoms with van der Waals surface area (Å²) >= 11 is 0. The zero-order valence-corrected chi connectivity index (χ0v) is 23.7. The van der Waals surface area contributed by atoms with Gasteiger partial charge in [-0.15, -0.1) is 0 Å². The van der Waals surface area contributed by atoms with Crippen molar-refractivity contribution in [1.29, 1.82) is 0 Å². The molecule has 9 nitrogen and oxygen atoms in total. The van der Waals surface area contributed by atoms with Crippen LogP contribution in [0, 0.1) is 5.92 Å². The van der Waals surface area contributed by atoms with E-state index in [1.54, 1.807) is 0 Å². The number of carbonyl (C=O) groups is 2. The number of carbonyl (C=O) groups excluding carboxylic acids is 2. The van der Waals surface area contributed by atoms with Crippen LogP contribution in [0.2, 0.25) is 0 Å². The molecule has 17 heteroatoms. The molecule has 1 fully saturated rings. The van der Waals surface area contributed by atoms with Crippen LogP contribution < -0.4 is 15.4 Å². The number of amides is 2. The summed E-state index contributed by atoms with van der Waals surface area (Å²) < 4.78 is 111. The highest BCUT2D eigenvalue weighted by molar-refractivity contribution is 5.99. The number of pyridine rings is 1. The fourth-order valence-corrected chi connectivity index (χ4v) is 5.00. The van der Waals surface area contributed by atoms with E-state index in [2.05, 4.69) is 25.6 Å². The van der Waals surface area contributed by atoms with Gasteiger partial charge in [0, 0.05) is 19.0 Å². The number of hydrogen-bond acceptors (Lipinski definition) is 6. The molecule has 1 aromatic carbocycles. The van der Waals surface area contributed by atoms with E-state index < -0.39 is 73.1 Å². The van der Waals surface area contributed by atoms with Crippen LogP contribution in [0.1, 0.15) is 65.5 Å². The molecule has 0 spiro atoms. The monoisotopic (exact) mass is 651 g/mol. The molecule has 0 radical (unpaired) electrons. The molecule has 2 amide bonds. The first kappa shape index (κ1) is 33.9. The van der Waals surface area contributed by atoms with Gasteiger partial charge in [-0.1, -0.05) is 12.1 Å². The van der Waals surface area contributed by atoms with Gasteiger partial charge in [0.05, 0.1) is 17.0 Å². The van der Waals surface area contributed by atoms with Gasteiger partial charge >= 0.3 is 12.4 Å². The lowest BCUT2D eigenvalue weighted by Crippen LogP contribution is -2.40. The van der Waals surface area contributed by atoms with E-state index in [9.17, 15) is 49.8 Å². The lowest BCUT2D eigenvalue weighted by molar-refractivity contribution is -0.182. The predicted molar refractivity (Wildman–Crippen MR) is 142 cm³/mol. The molecule has 1 aliphatic carbocycles. The largest absolute Gasteiger partial charge is 0.471 e. The van der Waals surface area contributed by atoms with E-state index in [-0.39, 0.29) is 60.3 Å². The maximum absolute atomic E-state index is 13.8. The topological polar surface area (TPSA) is 129 Å². The molecule has 1 atom stereocenters. The molecule has 0 unspecified atom stereocenters. The molecule has 2 heterocycles. The number of ether oxygens (including phenoxy) is 1. The van der Waals surface area contributed by atoms with Gasteiger partial charge in [0.25, 0.3) is 12.3 Å². The Morgan fingerprint density at radius 2 is 1.76 bits per heavy atom. The number of aromatic nitrogens is 3. The van der Waals surface area contributed by atoms with Gasteiger partial charge in [0.15, 0.2) is 12.3 Å². The summed E-state index contributed by atoms with van der Waals surface area (Å²) in [7, 11) is 0. The van der Waals surface area contributed by atoms with Gasteiger partial charge in [-0.3, -0.25) is 9.59 Å². The van der Waals surface area contributed by atoms with Crippen molar-refractivity contribution in [3.63, 3.8) is 0 Å². The van der Waals surface area contributed by atoms with Crippen molar-refractivity contribution in [2.24, 2.45) is 5.92 Å². The van der Waals surface area contributed by atoms with Gasteiger partial charge in [-0.2, -0.15) is 31.3 Å². The first-order valence-electron chi connectivity index (χ1n) is 13.8. The molecule has 1 aliphatic rings. The highest BCUT2D eigenvalue weighted by atomic mass is 19.4. The van der Waals surface area contributed by atoms with Gasteiger partial charge in [0.1, 0.15) is 17.5 Å². The Morgan fingerprint density at radius 1 is 1.07 bits per heavy atom. The molecule has 0 saturated heterocycles.